The number of aromatic nitrogens is 4. The lowest BCUT2D eigenvalue weighted by Gasteiger charge is -2.33. The van der Waals surface area contributed by atoms with E-state index >= 15 is 0 Å². The minimum atomic E-state index is 0.378. The molecule has 6 nitrogen and oxygen atoms in total. The number of fused-ring (bicyclic) bond motifs is 1. The van der Waals surface area contributed by atoms with E-state index in [9.17, 15) is 0 Å². The Balaban J connectivity index is 1.32. The van der Waals surface area contributed by atoms with E-state index in [0.29, 0.717) is 12.1 Å². The molecular weight excluding hydrogens is 356 g/mol. The van der Waals surface area contributed by atoms with Gasteiger partial charge in [0.15, 0.2) is 5.13 Å². The Labute approximate surface area is 155 Å². The van der Waals surface area contributed by atoms with Gasteiger partial charge in [0, 0.05) is 30.2 Å². The summed E-state index contributed by atoms with van der Waals surface area (Å²) >= 11 is 7.81. The first-order chi connectivity index (χ1) is 12.2. The Bertz CT molecular complexity index is 825. The molecule has 0 aliphatic carbocycles. The second-order valence-electron chi connectivity index (χ2n) is 6.56. The van der Waals surface area contributed by atoms with Crippen molar-refractivity contribution in [2.45, 2.75) is 38.4 Å². The molecule has 0 amide bonds. The Hall–Kier alpha value is -1.70. The van der Waals surface area contributed by atoms with Crippen LogP contribution in [0.25, 0.3) is 10.2 Å². The second kappa shape index (κ2) is 7.27. The Morgan fingerprint density at radius 1 is 1.36 bits per heavy atom. The van der Waals surface area contributed by atoms with Crippen molar-refractivity contribution in [2.24, 2.45) is 0 Å². The van der Waals surface area contributed by atoms with E-state index in [4.69, 9.17) is 16.6 Å². The minimum absolute atomic E-state index is 0.378. The number of piperidine rings is 1. The summed E-state index contributed by atoms with van der Waals surface area (Å²) in [5.41, 5.74) is 1.03. The number of hydrogen-bond donors (Lipinski definition) is 1. The normalized spacial score (nSPS) is 17.3. The lowest BCUT2D eigenvalue weighted by molar-refractivity contribution is 0.348. The van der Waals surface area contributed by atoms with Gasteiger partial charge in [-0.2, -0.15) is 5.10 Å². The number of anilines is 1. The predicted molar refractivity (Wildman–Crippen MR) is 102 cm³/mol. The molecule has 0 saturated carbocycles. The van der Waals surface area contributed by atoms with Crippen molar-refractivity contribution in [1.82, 2.24) is 25.1 Å². The molecule has 8 heteroatoms. The first kappa shape index (κ1) is 16.8. The zero-order valence-electron chi connectivity index (χ0n) is 14.1. The smallest absolute Gasteiger partial charge is 0.186 e. The van der Waals surface area contributed by atoms with Crippen molar-refractivity contribution < 1.29 is 0 Å². The van der Waals surface area contributed by atoms with Crippen molar-refractivity contribution in [3.05, 3.63) is 35.9 Å². The fraction of sp³-hybridized carbons (Fsp3) is 0.471. The quantitative estimate of drug-likeness (QED) is 0.741. The molecule has 1 saturated heterocycles. The third-order valence-corrected chi connectivity index (χ3v) is 5.87. The van der Waals surface area contributed by atoms with E-state index < -0.39 is 0 Å². The molecule has 0 radical (unpaired) electrons. The summed E-state index contributed by atoms with van der Waals surface area (Å²) in [6.45, 7) is 5.10. The standard InChI is InChI=1S/C17H21ClN6S/c1-12(9-24-11-19-10-20-24)21-14-4-6-23(7-5-14)17-22-15-3-2-13(18)8-16(15)25-17/h2-3,8,10-12,14,21H,4-7,9H2,1H3. The molecule has 1 fully saturated rings. The zero-order valence-corrected chi connectivity index (χ0v) is 15.7. The molecule has 0 bridgehead atoms. The molecule has 3 heterocycles. The maximum atomic E-state index is 6.08. The van der Waals surface area contributed by atoms with E-state index in [1.54, 1.807) is 24.0 Å². The predicted octanol–water partition coefficient (Wildman–Crippen LogP) is 3.19. The number of nitrogens with one attached hydrogen (secondary N) is 1. The van der Waals surface area contributed by atoms with E-state index in [1.807, 2.05) is 22.9 Å². The number of rotatable bonds is 5. The molecule has 25 heavy (non-hydrogen) atoms. The summed E-state index contributed by atoms with van der Waals surface area (Å²) in [5, 5.41) is 9.76. The fourth-order valence-electron chi connectivity index (χ4n) is 3.32. The highest BCUT2D eigenvalue weighted by molar-refractivity contribution is 7.22. The van der Waals surface area contributed by atoms with Crippen LogP contribution in [0, 0.1) is 0 Å². The summed E-state index contributed by atoms with van der Waals surface area (Å²) in [6, 6.07) is 6.82. The summed E-state index contributed by atoms with van der Waals surface area (Å²) in [5.74, 6) is 0. The number of hydrogen-bond acceptors (Lipinski definition) is 6. The van der Waals surface area contributed by atoms with Gasteiger partial charge in [-0.05, 0) is 38.0 Å². The highest BCUT2D eigenvalue weighted by Gasteiger charge is 2.22. The highest BCUT2D eigenvalue weighted by atomic mass is 35.5. The molecule has 1 N–H and O–H groups in total. The Morgan fingerprint density at radius 2 is 2.20 bits per heavy atom. The van der Waals surface area contributed by atoms with Gasteiger partial charge in [0.2, 0.25) is 0 Å². The lowest BCUT2D eigenvalue weighted by Crippen LogP contribution is -2.46. The van der Waals surface area contributed by atoms with Crippen LogP contribution < -0.4 is 10.2 Å². The molecule has 1 atom stereocenters. The first-order valence-electron chi connectivity index (χ1n) is 8.57. The van der Waals surface area contributed by atoms with Gasteiger partial charge < -0.3 is 10.2 Å². The van der Waals surface area contributed by atoms with Gasteiger partial charge in [-0.1, -0.05) is 22.9 Å². The molecule has 1 unspecified atom stereocenters. The van der Waals surface area contributed by atoms with Crippen molar-refractivity contribution in [3.8, 4) is 0 Å². The highest BCUT2D eigenvalue weighted by Crippen LogP contribution is 2.32. The third kappa shape index (κ3) is 3.94. The van der Waals surface area contributed by atoms with Gasteiger partial charge >= 0.3 is 0 Å². The largest absolute Gasteiger partial charge is 0.348 e. The number of thiazole rings is 1. The van der Waals surface area contributed by atoms with E-state index in [-0.39, 0.29) is 0 Å². The summed E-state index contributed by atoms with van der Waals surface area (Å²) in [7, 11) is 0. The molecule has 0 spiro atoms. The maximum Gasteiger partial charge on any atom is 0.186 e. The van der Waals surface area contributed by atoms with Crippen LogP contribution in [0.1, 0.15) is 19.8 Å². The topological polar surface area (TPSA) is 58.9 Å². The average Bonchev–Trinajstić information content (AvgIpc) is 3.24. The Morgan fingerprint density at radius 3 is 2.96 bits per heavy atom. The van der Waals surface area contributed by atoms with Gasteiger partial charge in [0.05, 0.1) is 16.8 Å². The van der Waals surface area contributed by atoms with Crippen LogP contribution in [0.3, 0.4) is 0 Å². The van der Waals surface area contributed by atoms with Crippen LogP contribution in [0.4, 0.5) is 5.13 Å². The molecule has 132 valence electrons. The molecule has 4 rings (SSSR count). The van der Waals surface area contributed by atoms with Crippen LogP contribution in [0.15, 0.2) is 30.9 Å². The molecule has 3 aromatic rings. The van der Waals surface area contributed by atoms with Crippen molar-refractivity contribution in [3.63, 3.8) is 0 Å². The monoisotopic (exact) mass is 376 g/mol. The molecule has 1 aliphatic heterocycles. The third-order valence-electron chi connectivity index (χ3n) is 4.55. The summed E-state index contributed by atoms with van der Waals surface area (Å²) < 4.78 is 3.03. The number of nitrogens with zero attached hydrogens (tertiary/aromatic N) is 5. The molecule has 1 aliphatic rings. The maximum absolute atomic E-state index is 6.08. The fourth-order valence-corrected chi connectivity index (χ4v) is 4.61. The first-order valence-corrected chi connectivity index (χ1v) is 9.76. The number of halogens is 1. The zero-order chi connectivity index (χ0) is 17.2. The molecule has 1 aromatic carbocycles. The van der Waals surface area contributed by atoms with Crippen molar-refractivity contribution in [2.75, 3.05) is 18.0 Å². The van der Waals surface area contributed by atoms with Crippen LogP contribution in [-0.4, -0.2) is 44.9 Å². The van der Waals surface area contributed by atoms with E-state index in [0.717, 1.165) is 52.8 Å². The van der Waals surface area contributed by atoms with Gasteiger partial charge in [0.1, 0.15) is 12.7 Å². The van der Waals surface area contributed by atoms with Crippen LogP contribution in [0.5, 0.6) is 0 Å². The SMILES string of the molecule is CC(Cn1cncn1)NC1CCN(c2nc3ccc(Cl)cc3s2)CC1. The van der Waals surface area contributed by atoms with E-state index in [1.165, 1.54) is 0 Å². The van der Waals surface area contributed by atoms with Crippen LogP contribution >= 0.6 is 22.9 Å². The van der Waals surface area contributed by atoms with Gasteiger partial charge in [0.25, 0.3) is 0 Å². The summed E-state index contributed by atoms with van der Waals surface area (Å²) in [6.07, 6.45) is 5.59. The average molecular weight is 377 g/mol. The number of benzene rings is 1. The van der Waals surface area contributed by atoms with Crippen LogP contribution in [-0.2, 0) is 6.54 Å². The van der Waals surface area contributed by atoms with Crippen molar-refractivity contribution >= 4 is 38.3 Å². The molecular formula is C17H21ClN6S. The van der Waals surface area contributed by atoms with Gasteiger partial charge in [-0.25, -0.2) is 9.97 Å². The van der Waals surface area contributed by atoms with Crippen LogP contribution in [0.2, 0.25) is 5.02 Å². The van der Waals surface area contributed by atoms with Gasteiger partial charge in [-0.15, -0.1) is 0 Å². The minimum Gasteiger partial charge on any atom is -0.348 e. The Kier molecular flexibility index (Phi) is 4.87. The molecule has 2 aromatic heterocycles. The lowest BCUT2D eigenvalue weighted by atomic mass is 10.0. The summed E-state index contributed by atoms with van der Waals surface area (Å²) in [4.78, 5) is 11.1. The second-order valence-corrected chi connectivity index (χ2v) is 8.00. The van der Waals surface area contributed by atoms with Gasteiger partial charge in [-0.3, -0.25) is 4.68 Å². The van der Waals surface area contributed by atoms with Crippen molar-refractivity contribution in [1.29, 1.82) is 0 Å². The van der Waals surface area contributed by atoms with E-state index in [2.05, 4.69) is 27.2 Å².